The van der Waals surface area contributed by atoms with Crippen molar-refractivity contribution in [2.24, 2.45) is 0 Å². The molecule has 118 valence electrons. The highest BCUT2D eigenvalue weighted by Gasteiger charge is 2.15. The number of nitrogens with one attached hydrogen (secondary N) is 1. The van der Waals surface area contributed by atoms with Crippen LogP contribution in [0.15, 0.2) is 22.5 Å². The molecule has 1 saturated heterocycles. The van der Waals surface area contributed by atoms with Crippen molar-refractivity contribution in [3.05, 3.63) is 28.8 Å². The summed E-state index contributed by atoms with van der Waals surface area (Å²) in [6, 6.07) is 5.80. The van der Waals surface area contributed by atoms with E-state index in [1.165, 1.54) is 12.8 Å². The van der Waals surface area contributed by atoms with Gasteiger partial charge < -0.3 is 10.1 Å². The SMILES string of the molecule is Cc1c(Cl)cccc1Nc1nnc(SC[C@@H]2CCCCO2)s1. The lowest BCUT2D eigenvalue weighted by Crippen LogP contribution is -2.21. The summed E-state index contributed by atoms with van der Waals surface area (Å²) in [6.07, 6.45) is 3.96. The number of aromatic nitrogens is 2. The Morgan fingerprint density at radius 2 is 2.32 bits per heavy atom. The van der Waals surface area contributed by atoms with Gasteiger partial charge in [0.05, 0.1) is 6.10 Å². The van der Waals surface area contributed by atoms with Crippen LogP contribution in [0.4, 0.5) is 10.8 Å². The van der Waals surface area contributed by atoms with Crippen LogP contribution in [-0.4, -0.2) is 28.7 Å². The van der Waals surface area contributed by atoms with Crippen LogP contribution in [0.3, 0.4) is 0 Å². The summed E-state index contributed by atoms with van der Waals surface area (Å²) in [6.45, 7) is 2.88. The number of anilines is 2. The van der Waals surface area contributed by atoms with Crippen LogP contribution in [0, 0.1) is 6.92 Å². The molecule has 1 aromatic carbocycles. The molecule has 1 fully saturated rings. The molecule has 4 nitrogen and oxygen atoms in total. The average Bonchev–Trinajstić information content (AvgIpc) is 2.98. The van der Waals surface area contributed by atoms with E-state index >= 15 is 0 Å². The largest absolute Gasteiger partial charge is 0.377 e. The number of ether oxygens (including phenoxy) is 1. The molecule has 0 amide bonds. The summed E-state index contributed by atoms with van der Waals surface area (Å²) >= 11 is 9.41. The van der Waals surface area contributed by atoms with E-state index in [-0.39, 0.29) is 0 Å². The fourth-order valence-corrected chi connectivity index (χ4v) is 4.31. The third-order valence-electron chi connectivity index (χ3n) is 3.58. The zero-order chi connectivity index (χ0) is 15.4. The number of hydrogen-bond acceptors (Lipinski definition) is 6. The quantitative estimate of drug-likeness (QED) is 0.772. The smallest absolute Gasteiger partial charge is 0.210 e. The standard InChI is InChI=1S/C15H18ClN3OS2/c1-10-12(16)6-4-7-13(10)17-14-18-19-15(22-14)21-9-11-5-2-3-8-20-11/h4,6-7,11H,2-3,5,8-9H2,1H3,(H,17,18)/t11-/m0/s1. The molecule has 3 rings (SSSR count). The van der Waals surface area contributed by atoms with Crippen molar-refractivity contribution in [3.63, 3.8) is 0 Å². The van der Waals surface area contributed by atoms with Crippen molar-refractivity contribution in [2.45, 2.75) is 36.6 Å². The van der Waals surface area contributed by atoms with Gasteiger partial charge in [0, 0.05) is 23.1 Å². The molecule has 1 aliphatic heterocycles. The fraction of sp³-hybridized carbons (Fsp3) is 0.467. The molecule has 0 aliphatic carbocycles. The monoisotopic (exact) mass is 355 g/mol. The summed E-state index contributed by atoms with van der Waals surface area (Å²) in [4.78, 5) is 0. The number of halogens is 1. The molecular weight excluding hydrogens is 338 g/mol. The first kappa shape index (κ1) is 16.1. The van der Waals surface area contributed by atoms with Gasteiger partial charge in [0.2, 0.25) is 5.13 Å². The first-order valence-corrected chi connectivity index (χ1v) is 9.50. The van der Waals surface area contributed by atoms with Gasteiger partial charge >= 0.3 is 0 Å². The second-order valence-electron chi connectivity index (χ2n) is 5.21. The van der Waals surface area contributed by atoms with Gasteiger partial charge in [-0.1, -0.05) is 40.8 Å². The maximum atomic E-state index is 6.13. The van der Waals surface area contributed by atoms with Gasteiger partial charge in [-0.15, -0.1) is 10.2 Å². The molecular formula is C15H18ClN3OS2. The van der Waals surface area contributed by atoms with Gasteiger partial charge in [-0.3, -0.25) is 0 Å². The van der Waals surface area contributed by atoms with Crippen LogP contribution >= 0.6 is 34.7 Å². The molecule has 0 bridgehead atoms. The van der Waals surface area contributed by atoms with Crippen LogP contribution in [0.5, 0.6) is 0 Å². The molecule has 2 aromatic rings. The van der Waals surface area contributed by atoms with Crippen molar-refractivity contribution < 1.29 is 4.74 Å². The van der Waals surface area contributed by atoms with E-state index in [2.05, 4.69) is 15.5 Å². The first-order chi connectivity index (χ1) is 10.7. The topological polar surface area (TPSA) is 47.0 Å². The maximum absolute atomic E-state index is 6.13. The van der Waals surface area contributed by atoms with E-state index in [0.29, 0.717) is 6.10 Å². The first-order valence-electron chi connectivity index (χ1n) is 7.32. The summed E-state index contributed by atoms with van der Waals surface area (Å²) in [7, 11) is 0. The molecule has 0 spiro atoms. The summed E-state index contributed by atoms with van der Waals surface area (Å²) in [5.74, 6) is 0.949. The zero-order valence-corrected chi connectivity index (χ0v) is 14.7. The van der Waals surface area contributed by atoms with Crippen LogP contribution in [0.1, 0.15) is 24.8 Å². The fourth-order valence-electron chi connectivity index (χ4n) is 2.28. The Hall–Kier alpha value is -0.820. The molecule has 1 atom stereocenters. The van der Waals surface area contributed by atoms with Gasteiger partial charge in [-0.25, -0.2) is 0 Å². The molecule has 1 N–H and O–H groups in total. The Balaban J connectivity index is 1.57. The van der Waals surface area contributed by atoms with E-state index < -0.39 is 0 Å². The average molecular weight is 356 g/mol. The third-order valence-corrected chi connectivity index (χ3v) is 6.10. The number of benzene rings is 1. The number of rotatable bonds is 5. The highest BCUT2D eigenvalue weighted by atomic mass is 35.5. The van der Waals surface area contributed by atoms with E-state index in [1.807, 2.05) is 25.1 Å². The molecule has 0 radical (unpaired) electrons. The van der Waals surface area contributed by atoms with Crippen molar-refractivity contribution in [3.8, 4) is 0 Å². The van der Waals surface area contributed by atoms with Crippen molar-refractivity contribution in [2.75, 3.05) is 17.7 Å². The van der Waals surface area contributed by atoms with Crippen LogP contribution in [0.2, 0.25) is 5.02 Å². The molecule has 7 heteroatoms. The van der Waals surface area contributed by atoms with E-state index in [0.717, 1.165) is 44.5 Å². The van der Waals surface area contributed by atoms with Gasteiger partial charge in [-0.05, 0) is 43.9 Å². The second kappa shape index (κ2) is 7.64. The molecule has 22 heavy (non-hydrogen) atoms. The molecule has 2 heterocycles. The Labute approximate surface area is 143 Å². The third kappa shape index (κ3) is 4.13. The Bertz CT molecular complexity index is 629. The molecule has 1 aliphatic rings. The van der Waals surface area contributed by atoms with Gasteiger partial charge in [0.25, 0.3) is 0 Å². The van der Waals surface area contributed by atoms with Gasteiger partial charge in [0.1, 0.15) is 0 Å². The Morgan fingerprint density at radius 3 is 3.14 bits per heavy atom. The Kier molecular flexibility index (Phi) is 5.57. The molecule has 1 aromatic heterocycles. The van der Waals surface area contributed by atoms with Crippen molar-refractivity contribution >= 4 is 45.5 Å². The lowest BCUT2D eigenvalue weighted by molar-refractivity contribution is 0.0315. The highest BCUT2D eigenvalue weighted by molar-refractivity contribution is 8.01. The number of thioether (sulfide) groups is 1. The van der Waals surface area contributed by atoms with Crippen molar-refractivity contribution in [1.29, 1.82) is 0 Å². The minimum atomic E-state index is 0.356. The number of hydrogen-bond donors (Lipinski definition) is 1. The van der Waals surface area contributed by atoms with Crippen LogP contribution < -0.4 is 5.32 Å². The van der Waals surface area contributed by atoms with E-state index in [9.17, 15) is 0 Å². The summed E-state index contributed by atoms with van der Waals surface area (Å²) in [5, 5.41) is 13.3. The van der Waals surface area contributed by atoms with Crippen LogP contribution in [-0.2, 0) is 4.74 Å². The van der Waals surface area contributed by atoms with Crippen LogP contribution in [0.25, 0.3) is 0 Å². The predicted molar refractivity (Wildman–Crippen MR) is 93.7 cm³/mol. The normalized spacial score (nSPS) is 18.4. The van der Waals surface area contributed by atoms with Gasteiger partial charge in [-0.2, -0.15) is 0 Å². The van der Waals surface area contributed by atoms with Crippen molar-refractivity contribution in [1.82, 2.24) is 10.2 Å². The summed E-state index contributed by atoms with van der Waals surface area (Å²) < 4.78 is 6.71. The predicted octanol–water partition coefficient (Wildman–Crippen LogP) is 4.90. The minimum Gasteiger partial charge on any atom is -0.377 e. The zero-order valence-electron chi connectivity index (χ0n) is 12.3. The Morgan fingerprint density at radius 1 is 1.41 bits per heavy atom. The van der Waals surface area contributed by atoms with E-state index in [4.69, 9.17) is 16.3 Å². The molecule has 0 saturated carbocycles. The molecule has 0 unspecified atom stereocenters. The lowest BCUT2D eigenvalue weighted by atomic mass is 10.1. The highest BCUT2D eigenvalue weighted by Crippen LogP contribution is 2.31. The second-order valence-corrected chi connectivity index (χ2v) is 7.86. The maximum Gasteiger partial charge on any atom is 0.210 e. The van der Waals surface area contributed by atoms with E-state index in [1.54, 1.807) is 23.1 Å². The minimum absolute atomic E-state index is 0.356. The lowest BCUT2D eigenvalue weighted by Gasteiger charge is -2.21. The number of nitrogens with zero attached hydrogens (tertiary/aromatic N) is 2. The summed E-state index contributed by atoms with van der Waals surface area (Å²) in [5.41, 5.74) is 1.99. The van der Waals surface area contributed by atoms with Gasteiger partial charge in [0.15, 0.2) is 4.34 Å².